The lowest BCUT2D eigenvalue weighted by molar-refractivity contribution is -0.119. The molecule has 1 aromatic heterocycles. The van der Waals surface area contributed by atoms with Crippen molar-refractivity contribution in [1.82, 2.24) is 15.5 Å². The quantitative estimate of drug-likeness (QED) is 0.394. The highest BCUT2D eigenvalue weighted by Gasteiger charge is 2.17. The number of aromatic nitrogens is 2. The highest BCUT2D eigenvalue weighted by Crippen LogP contribution is 2.32. The maximum Gasteiger partial charge on any atom is 0.250 e. The van der Waals surface area contributed by atoms with Crippen LogP contribution in [0.1, 0.15) is 31.2 Å². The van der Waals surface area contributed by atoms with Crippen molar-refractivity contribution in [2.24, 2.45) is 0 Å². The second-order valence-corrected chi connectivity index (χ2v) is 8.85. The van der Waals surface area contributed by atoms with Crippen LogP contribution in [0.5, 0.6) is 11.5 Å². The van der Waals surface area contributed by atoms with Crippen LogP contribution < -0.4 is 20.1 Å². The summed E-state index contributed by atoms with van der Waals surface area (Å²) in [6.07, 6.45) is 7.58. The second-order valence-electron chi connectivity index (χ2n) is 6.65. The van der Waals surface area contributed by atoms with Crippen LogP contribution in [0.4, 0.5) is 5.13 Å². The van der Waals surface area contributed by atoms with Crippen LogP contribution in [0, 0.1) is 0 Å². The number of anilines is 1. The minimum absolute atomic E-state index is 0.00865. The summed E-state index contributed by atoms with van der Waals surface area (Å²) in [6, 6.07) is 5.76. The van der Waals surface area contributed by atoms with Crippen LogP contribution in [-0.2, 0) is 9.59 Å². The first-order valence-electron chi connectivity index (χ1n) is 9.30. The van der Waals surface area contributed by atoms with Gasteiger partial charge < -0.3 is 14.8 Å². The normalized spacial score (nSPS) is 15.7. The molecule has 2 heterocycles. The molecule has 1 aliphatic carbocycles. The van der Waals surface area contributed by atoms with Crippen LogP contribution in [0.25, 0.3) is 6.08 Å². The summed E-state index contributed by atoms with van der Waals surface area (Å²) in [5, 5.41) is 14.1. The number of rotatable bonds is 7. The fourth-order valence-corrected chi connectivity index (χ4v) is 4.69. The Balaban J connectivity index is 1.24. The molecule has 2 aromatic rings. The van der Waals surface area contributed by atoms with Gasteiger partial charge in [0, 0.05) is 12.1 Å². The SMILES string of the molecule is O=C(/C=C/c1ccc2c(c1)OCO2)Nc1nnc(SCC(=O)NC2CCCC2)s1. The summed E-state index contributed by atoms with van der Waals surface area (Å²) < 4.78 is 11.2. The van der Waals surface area contributed by atoms with E-state index in [-0.39, 0.29) is 18.6 Å². The number of amides is 2. The van der Waals surface area contributed by atoms with E-state index >= 15 is 0 Å². The molecule has 2 aliphatic rings. The van der Waals surface area contributed by atoms with Gasteiger partial charge in [0.25, 0.3) is 0 Å². The van der Waals surface area contributed by atoms with Crippen LogP contribution in [-0.4, -0.2) is 40.6 Å². The zero-order chi connectivity index (χ0) is 20.1. The van der Waals surface area contributed by atoms with Crippen molar-refractivity contribution < 1.29 is 19.1 Å². The number of nitrogens with zero attached hydrogens (tertiary/aromatic N) is 2. The molecule has 8 nitrogen and oxygen atoms in total. The number of hydrogen-bond acceptors (Lipinski definition) is 8. The summed E-state index contributed by atoms with van der Waals surface area (Å²) in [5.41, 5.74) is 0.825. The van der Waals surface area contributed by atoms with Gasteiger partial charge >= 0.3 is 0 Å². The van der Waals surface area contributed by atoms with Gasteiger partial charge in [0.15, 0.2) is 15.8 Å². The molecule has 4 rings (SSSR count). The minimum Gasteiger partial charge on any atom is -0.454 e. The standard InChI is InChI=1S/C19H20N4O4S2/c24-16(8-6-12-5-7-14-15(9-12)27-11-26-14)21-18-22-23-19(29-18)28-10-17(25)20-13-3-1-2-4-13/h5-9,13H,1-4,10-11H2,(H,20,25)(H,21,22,24)/b8-6+. The number of nitrogens with one attached hydrogen (secondary N) is 2. The van der Waals surface area contributed by atoms with Gasteiger partial charge in [-0.25, -0.2) is 0 Å². The Kier molecular flexibility index (Phi) is 6.30. The number of carbonyl (C=O) groups is 2. The van der Waals surface area contributed by atoms with Crippen molar-refractivity contribution in [2.75, 3.05) is 17.9 Å². The summed E-state index contributed by atoms with van der Waals surface area (Å²) in [5.74, 6) is 1.35. The molecule has 0 spiro atoms. The molecule has 1 aliphatic heterocycles. The largest absolute Gasteiger partial charge is 0.454 e. The summed E-state index contributed by atoms with van der Waals surface area (Å²) >= 11 is 2.56. The molecule has 0 bridgehead atoms. The van der Waals surface area contributed by atoms with Crippen molar-refractivity contribution >= 4 is 46.1 Å². The first-order chi connectivity index (χ1) is 14.2. The third kappa shape index (κ3) is 5.48. The Morgan fingerprint density at radius 3 is 2.90 bits per heavy atom. The Bertz CT molecular complexity index is 925. The van der Waals surface area contributed by atoms with E-state index in [2.05, 4.69) is 20.8 Å². The average Bonchev–Trinajstić information content (AvgIpc) is 3.46. The molecular weight excluding hydrogens is 412 g/mol. The molecule has 1 fully saturated rings. The van der Waals surface area contributed by atoms with E-state index in [1.54, 1.807) is 12.1 Å². The monoisotopic (exact) mass is 432 g/mol. The molecule has 152 valence electrons. The number of thioether (sulfide) groups is 1. The molecule has 29 heavy (non-hydrogen) atoms. The van der Waals surface area contributed by atoms with Gasteiger partial charge in [-0.15, -0.1) is 10.2 Å². The van der Waals surface area contributed by atoms with Gasteiger partial charge in [-0.3, -0.25) is 14.9 Å². The highest BCUT2D eigenvalue weighted by molar-refractivity contribution is 8.01. The van der Waals surface area contributed by atoms with Gasteiger partial charge in [0.2, 0.25) is 23.7 Å². The smallest absolute Gasteiger partial charge is 0.250 e. The maximum atomic E-state index is 12.1. The molecule has 1 aromatic carbocycles. The van der Waals surface area contributed by atoms with Gasteiger partial charge in [0.05, 0.1) is 5.75 Å². The van der Waals surface area contributed by atoms with E-state index in [9.17, 15) is 9.59 Å². The zero-order valence-corrected chi connectivity index (χ0v) is 17.2. The molecule has 10 heteroatoms. The number of fused-ring (bicyclic) bond motifs is 1. The van der Waals surface area contributed by atoms with Crippen LogP contribution in [0.3, 0.4) is 0 Å². The van der Waals surface area contributed by atoms with E-state index in [0.717, 1.165) is 18.4 Å². The van der Waals surface area contributed by atoms with Crippen molar-refractivity contribution in [3.63, 3.8) is 0 Å². The fourth-order valence-electron chi connectivity index (χ4n) is 3.12. The Morgan fingerprint density at radius 1 is 1.21 bits per heavy atom. The van der Waals surface area contributed by atoms with Gasteiger partial charge in [-0.2, -0.15) is 0 Å². The summed E-state index contributed by atoms with van der Waals surface area (Å²) in [4.78, 5) is 24.1. The Labute approximate surface area is 176 Å². The predicted octanol–water partition coefficient (Wildman–Crippen LogP) is 3.07. The Morgan fingerprint density at radius 2 is 2.03 bits per heavy atom. The van der Waals surface area contributed by atoms with E-state index in [1.807, 2.05) is 12.1 Å². The van der Waals surface area contributed by atoms with Crippen molar-refractivity contribution in [3.05, 3.63) is 29.8 Å². The molecule has 0 unspecified atom stereocenters. The second kappa shape index (κ2) is 9.27. The highest BCUT2D eigenvalue weighted by atomic mass is 32.2. The van der Waals surface area contributed by atoms with E-state index in [1.165, 1.54) is 42.0 Å². The lowest BCUT2D eigenvalue weighted by atomic mass is 10.2. The molecular formula is C19H20N4O4S2. The number of ether oxygens (including phenoxy) is 2. The first kappa shape index (κ1) is 19.7. The average molecular weight is 433 g/mol. The topological polar surface area (TPSA) is 102 Å². The third-order valence-corrected chi connectivity index (χ3v) is 6.48. The molecule has 0 saturated heterocycles. The van der Waals surface area contributed by atoms with Crippen molar-refractivity contribution in [1.29, 1.82) is 0 Å². The Hall–Kier alpha value is -2.59. The van der Waals surface area contributed by atoms with Crippen LogP contribution in [0.15, 0.2) is 28.6 Å². The molecule has 2 N–H and O–H groups in total. The van der Waals surface area contributed by atoms with Crippen LogP contribution >= 0.6 is 23.1 Å². The molecule has 2 amide bonds. The van der Waals surface area contributed by atoms with Gasteiger partial charge in [-0.05, 0) is 36.6 Å². The van der Waals surface area contributed by atoms with E-state index in [0.29, 0.717) is 32.8 Å². The van der Waals surface area contributed by atoms with E-state index in [4.69, 9.17) is 9.47 Å². The first-order valence-corrected chi connectivity index (χ1v) is 11.1. The fraction of sp³-hybridized carbons (Fsp3) is 0.368. The zero-order valence-electron chi connectivity index (χ0n) is 15.6. The van der Waals surface area contributed by atoms with Gasteiger partial charge in [0.1, 0.15) is 0 Å². The van der Waals surface area contributed by atoms with Gasteiger partial charge in [-0.1, -0.05) is 42.0 Å². The lowest BCUT2D eigenvalue weighted by Gasteiger charge is -2.10. The molecule has 0 radical (unpaired) electrons. The number of hydrogen-bond donors (Lipinski definition) is 2. The maximum absolute atomic E-state index is 12.1. The van der Waals surface area contributed by atoms with Crippen molar-refractivity contribution in [2.45, 2.75) is 36.1 Å². The third-order valence-electron chi connectivity index (χ3n) is 4.51. The van der Waals surface area contributed by atoms with E-state index < -0.39 is 0 Å². The number of benzene rings is 1. The lowest BCUT2D eigenvalue weighted by Crippen LogP contribution is -2.33. The van der Waals surface area contributed by atoms with Crippen LogP contribution in [0.2, 0.25) is 0 Å². The molecule has 0 atom stereocenters. The number of carbonyl (C=O) groups excluding carboxylic acids is 2. The summed E-state index contributed by atoms with van der Waals surface area (Å²) in [7, 11) is 0. The minimum atomic E-state index is -0.311. The molecule has 1 saturated carbocycles. The van der Waals surface area contributed by atoms with Crippen molar-refractivity contribution in [3.8, 4) is 11.5 Å². The predicted molar refractivity (Wildman–Crippen MR) is 111 cm³/mol. The summed E-state index contributed by atoms with van der Waals surface area (Å²) in [6.45, 7) is 0.211.